The summed E-state index contributed by atoms with van der Waals surface area (Å²) in [4.78, 5) is 192. The van der Waals surface area contributed by atoms with Gasteiger partial charge < -0.3 is 97.2 Å². The number of carboxylic acids is 2. The second-order valence-corrected chi connectivity index (χ2v) is 24.3. The Kier molecular flexibility index (Phi) is 36.7. The van der Waals surface area contributed by atoms with Crippen LogP contribution in [0.15, 0.2) is 4.99 Å². The number of carbonyl (C=O) groups excluding carboxylic acids is 12. The van der Waals surface area contributed by atoms with Crippen LogP contribution >= 0.6 is 0 Å². The molecule has 0 rings (SSSR count). The number of amides is 12. The fourth-order valence-electron chi connectivity index (χ4n) is 8.86. The fraction of sp³-hybridized carbons (Fsp3) is 0.737. The molecule has 0 aromatic rings. The lowest BCUT2D eigenvalue weighted by Crippen LogP contribution is -2.62. The van der Waals surface area contributed by atoms with Gasteiger partial charge in [-0.1, -0.05) is 95.9 Å². The minimum atomic E-state index is -1.96. The maximum atomic E-state index is 14.3. The van der Waals surface area contributed by atoms with Gasteiger partial charge >= 0.3 is 11.9 Å². The lowest BCUT2D eigenvalue weighted by atomic mass is 9.95. The van der Waals surface area contributed by atoms with Crippen LogP contribution < -0.4 is 81.8 Å². The van der Waals surface area contributed by atoms with Gasteiger partial charge in [-0.05, 0) is 74.5 Å². The summed E-state index contributed by atoms with van der Waals surface area (Å²) < 4.78 is 0. The molecular weight excluding hydrogens is 1180 g/mol. The number of rotatable bonds is 43. The SMILES string of the molecule is CC[C@H](C)[C@H](N)C(=O)N[C@@H](CC(C)C)C(=O)N[C@H](C(=O)N[C@@H](CC(N)=O)C(=O)N[C@@H](CC(N)=O)C(=O)N[C@@H](CC(C)C)C(=O)N[C@@H](CCCN=C(N)N)C(=O)N[C@@H](CC(=O)O)C(=O)N[C@H](C(=O)N[C@H](C(=O)N[C@@H](CC(C)C)C(=O)O)C(C)C)[C@@H](C)CC)[C@@H](C)O. The van der Waals surface area contributed by atoms with Crippen LogP contribution in [0, 0.1) is 35.5 Å². The van der Waals surface area contributed by atoms with E-state index in [1.165, 1.54) is 0 Å². The summed E-state index contributed by atoms with van der Waals surface area (Å²) in [7, 11) is 0. The molecule has 33 nitrogen and oxygen atoms in total. The van der Waals surface area contributed by atoms with E-state index in [-0.39, 0.29) is 68.8 Å². The van der Waals surface area contributed by atoms with Crippen LogP contribution in [0.4, 0.5) is 0 Å². The van der Waals surface area contributed by atoms with Gasteiger partial charge in [-0.15, -0.1) is 0 Å². The quantitative estimate of drug-likeness (QED) is 0.0156. The number of nitrogens with one attached hydrogen (secondary N) is 10. The van der Waals surface area contributed by atoms with Crippen molar-refractivity contribution in [2.24, 2.45) is 69.2 Å². The van der Waals surface area contributed by atoms with Crippen molar-refractivity contribution < 1.29 is 82.4 Å². The van der Waals surface area contributed by atoms with E-state index in [0.717, 1.165) is 6.92 Å². The summed E-state index contributed by atoms with van der Waals surface area (Å²) in [6.07, 6.45) is -4.25. The van der Waals surface area contributed by atoms with Crippen LogP contribution in [0.3, 0.4) is 0 Å². The number of hydrogen-bond donors (Lipinski definition) is 18. The number of nitrogens with zero attached hydrogens (tertiary/aromatic N) is 1. The Morgan fingerprint density at radius 2 is 0.733 bits per heavy atom. The number of nitrogens with two attached hydrogens (primary N) is 5. The predicted octanol–water partition coefficient (Wildman–Crippen LogP) is -4.21. The topological polar surface area (TPSA) is 562 Å². The van der Waals surface area contributed by atoms with Gasteiger partial charge in [0.25, 0.3) is 0 Å². The van der Waals surface area contributed by atoms with E-state index in [1.807, 2.05) is 6.92 Å². The third kappa shape index (κ3) is 30.8. The summed E-state index contributed by atoms with van der Waals surface area (Å²) in [6, 6.07) is -17.3. The molecule has 0 radical (unpaired) electrons. The Labute approximate surface area is 525 Å². The second-order valence-electron chi connectivity index (χ2n) is 24.3. The van der Waals surface area contributed by atoms with E-state index < -0.39 is 192 Å². The molecule has 0 saturated carbocycles. The smallest absolute Gasteiger partial charge is 0.326 e. The Morgan fingerprint density at radius 1 is 0.400 bits per heavy atom. The van der Waals surface area contributed by atoms with Gasteiger partial charge in [0.1, 0.15) is 60.4 Å². The average Bonchev–Trinajstić information content (AvgIpc) is 2.63. The monoisotopic (exact) mass is 1280 g/mol. The van der Waals surface area contributed by atoms with Crippen LogP contribution in [-0.4, -0.2) is 183 Å². The molecule has 0 aliphatic carbocycles. The van der Waals surface area contributed by atoms with Gasteiger partial charge in [0, 0.05) is 6.54 Å². The average molecular weight is 1280 g/mol. The summed E-state index contributed by atoms with van der Waals surface area (Å²) in [5, 5.41) is 54.4. The van der Waals surface area contributed by atoms with Crippen molar-refractivity contribution in [3.63, 3.8) is 0 Å². The highest BCUT2D eigenvalue weighted by molar-refractivity contribution is 6.01. The molecule has 512 valence electrons. The summed E-state index contributed by atoms with van der Waals surface area (Å²) in [5.41, 5.74) is 28.0. The minimum absolute atomic E-state index is 0.0383. The van der Waals surface area contributed by atoms with Gasteiger partial charge in [0.05, 0.1) is 31.4 Å². The van der Waals surface area contributed by atoms with Gasteiger partial charge in [0.2, 0.25) is 70.9 Å². The first-order chi connectivity index (χ1) is 41.7. The standard InChI is InChI=1S/C57H102N16O17/c1-14-29(11)42(60)52(85)68-34(20-26(5)6)50(83)73-45(31(13)74)55(88)69-36(23-40(59)76)49(82)66-35(22-39(58)75)48(81)65-33(19-25(3)4)47(80)64-32(17-16-18-63-57(61)62)46(79)67-37(24-41(77)78)51(84)72-44(30(12)15-2)54(87)71-43(28(9)10)53(86)70-38(56(89)90)21-27(7)8/h25-38,42-45,74H,14-24,60H2,1-13H3,(H2,58,75)(H2,59,76)(H,64,80)(H,65,81)(H,66,82)(H,67,79)(H,68,85)(H,69,88)(H,70,86)(H,71,87)(H,72,84)(H,73,83)(H,77,78)(H,89,90)(H4,61,62,63)/t29-,30-,31+,32-,33-,34-,35-,36-,37-,38-,42-,43-,44-,45-/m0/s1. The molecule has 0 saturated heterocycles. The molecule has 14 atom stereocenters. The summed E-state index contributed by atoms with van der Waals surface area (Å²) in [6.45, 7) is 21.3. The number of aliphatic hydroxyl groups excluding tert-OH is 1. The fourth-order valence-corrected chi connectivity index (χ4v) is 8.86. The highest BCUT2D eigenvalue weighted by Gasteiger charge is 2.39. The minimum Gasteiger partial charge on any atom is -0.481 e. The van der Waals surface area contributed by atoms with Gasteiger partial charge in [-0.2, -0.15) is 0 Å². The van der Waals surface area contributed by atoms with Gasteiger partial charge in [-0.3, -0.25) is 67.3 Å². The van der Waals surface area contributed by atoms with Gasteiger partial charge in [0.15, 0.2) is 5.96 Å². The number of aliphatic carboxylic acids is 2. The lowest BCUT2D eigenvalue weighted by Gasteiger charge is -2.30. The third-order valence-electron chi connectivity index (χ3n) is 14.3. The molecule has 12 amide bonds. The Balaban J connectivity index is 7.08. The Bertz CT molecular complexity index is 2510. The molecule has 23 N–H and O–H groups in total. The first-order valence-electron chi connectivity index (χ1n) is 30.2. The van der Waals surface area contributed by atoms with Crippen LogP contribution in [0.5, 0.6) is 0 Å². The zero-order valence-corrected chi connectivity index (χ0v) is 54.1. The molecule has 0 aliphatic heterocycles. The number of aliphatic hydroxyl groups is 1. The molecule has 90 heavy (non-hydrogen) atoms. The van der Waals surface area contributed by atoms with Crippen molar-refractivity contribution in [3.8, 4) is 0 Å². The first-order valence-corrected chi connectivity index (χ1v) is 30.2. The summed E-state index contributed by atoms with van der Waals surface area (Å²) in [5.74, 6) is -18.4. The first kappa shape index (κ1) is 81.8. The molecule has 0 spiro atoms. The normalized spacial score (nSPS) is 16.0. The van der Waals surface area contributed by atoms with E-state index in [1.54, 1.807) is 76.2 Å². The van der Waals surface area contributed by atoms with Crippen molar-refractivity contribution in [1.29, 1.82) is 0 Å². The van der Waals surface area contributed by atoms with Crippen molar-refractivity contribution in [1.82, 2.24) is 53.2 Å². The summed E-state index contributed by atoms with van der Waals surface area (Å²) >= 11 is 0. The highest BCUT2D eigenvalue weighted by Crippen LogP contribution is 2.15. The largest absolute Gasteiger partial charge is 0.481 e. The second kappa shape index (κ2) is 40.4. The predicted molar refractivity (Wildman–Crippen MR) is 328 cm³/mol. The molecule has 0 unspecified atom stereocenters. The van der Waals surface area contributed by atoms with Crippen LogP contribution in [-0.2, 0) is 67.1 Å². The number of aliphatic imine (C=N–C) groups is 1. The number of carboxylic acid groups (broad SMARTS) is 2. The Hall–Kier alpha value is -8.23. The number of carbonyl (C=O) groups is 14. The third-order valence-corrected chi connectivity index (χ3v) is 14.3. The molecule has 0 bridgehead atoms. The maximum Gasteiger partial charge on any atom is 0.326 e. The van der Waals surface area contributed by atoms with Crippen molar-refractivity contribution in [3.05, 3.63) is 0 Å². The van der Waals surface area contributed by atoms with Crippen LogP contribution in [0.1, 0.15) is 154 Å². The lowest BCUT2D eigenvalue weighted by molar-refractivity contribution is -0.143. The van der Waals surface area contributed by atoms with E-state index in [9.17, 15) is 82.4 Å². The van der Waals surface area contributed by atoms with E-state index >= 15 is 0 Å². The Morgan fingerprint density at radius 3 is 1.14 bits per heavy atom. The molecule has 0 heterocycles. The van der Waals surface area contributed by atoms with Crippen molar-refractivity contribution in [2.75, 3.05) is 6.54 Å². The number of primary amides is 2. The van der Waals surface area contributed by atoms with Gasteiger partial charge in [-0.25, -0.2) is 4.79 Å². The highest BCUT2D eigenvalue weighted by atomic mass is 16.4. The van der Waals surface area contributed by atoms with E-state index in [2.05, 4.69) is 58.2 Å². The zero-order valence-electron chi connectivity index (χ0n) is 54.1. The van der Waals surface area contributed by atoms with E-state index in [4.69, 9.17) is 28.7 Å². The van der Waals surface area contributed by atoms with E-state index in [0.29, 0.717) is 6.42 Å². The van der Waals surface area contributed by atoms with Crippen molar-refractivity contribution in [2.45, 2.75) is 227 Å². The molecular formula is C57H102N16O17. The number of guanidine groups is 1. The molecule has 0 aromatic carbocycles. The zero-order chi connectivity index (χ0) is 69.6. The van der Waals surface area contributed by atoms with Crippen molar-refractivity contribution >= 4 is 88.8 Å². The maximum absolute atomic E-state index is 14.3. The van der Waals surface area contributed by atoms with Crippen LogP contribution in [0.2, 0.25) is 0 Å². The molecule has 0 fully saturated rings. The molecule has 0 aliphatic rings. The number of hydrogen-bond acceptors (Lipinski definition) is 17. The molecule has 0 aromatic heterocycles. The molecule has 33 heteroatoms. The van der Waals surface area contributed by atoms with Crippen LogP contribution in [0.25, 0.3) is 0 Å².